The largest absolute Gasteiger partial charge is 0.383 e. The van der Waals surface area contributed by atoms with Crippen LogP contribution in [0.2, 0.25) is 0 Å². The molecule has 2 aliphatic carbocycles. The van der Waals surface area contributed by atoms with Crippen LogP contribution in [0.5, 0.6) is 0 Å². The summed E-state index contributed by atoms with van der Waals surface area (Å²) in [6.07, 6.45) is 10.4. The molecule has 0 unspecified atom stereocenters. The zero-order valence-electron chi connectivity index (χ0n) is 17.5. The number of nitrogens with one attached hydrogen (secondary N) is 2. The van der Waals surface area contributed by atoms with E-state index in [1.165, 1.54) is 49.8 Å². The van der Waals surface area contributed by atoms with E-state index >= 15 is 0 Å². The van der Waals surface area contributed by atoms with Crippen LogP contribution in [0.1, 0.15) is 61.6 Å². The van der Waals surface area contributed by atoms with E-state index in [0.29, 0.717) is 11.6 Å². The molecule has 4 N–H and O–H groups in total. The highest BCUT2D eigenvalue weighted by molar-refractivity contribution is 6.03. The number of benzene rings is 1. The molecule has 158 valence electrons. The Morgan fingerprint density at radius 2 is 1.90 bits per heavy atom. The molecule has 0 saturated heterocycles. The number of nitrogens with two attached hydrogens (primary N) is 1. The first kappa shape index (κ1) is 19.4. The van der Waals surface area contributed by atoms with Gasteiger partial charge in [-0.2, -0.15) is 0 Å². The fourth-order valence-corrected chi connectivity index (χ4v) is 4.83. The van der Waals surface area contributed by atoms with Gasteiger partial charge in [0.25, 0.3) is 5.56 Å². The zero-order chi connectivity index (χ0) is 20.5. The molecular weight excluding hydrogens is 374 g/mol. The standard InChI is InChI=1S/C24H31N5O/c25-23(22-21(10-11-26-24(22)30)27-19-4-2-1-3-5-19)28-20-9-8-17-14-29(13-16-6-7-16)15-18(17)12-20/h8-12,16,19H,1-7,13-15H2,(H2,25,28)(H2,26,27,30). The summed E-state index contributed by atoms with van der Waals surface area (Å²) < 4.78 is 0. The first-order valence-electron chi connectivity index (χ1n) is 11.3. The SMILES string of the molecule is NC(=Nc1ccc2c(c1)CN(CC1CC1)C2)c1c(NC2CCCCC2)cc[nH]c1=O. The van der Waals surface area contributed by atoms with E-state index < -0.39 is 0 Å². The fourth-order valence-electron chi connectivity index (χ4n) is 4.83. The van der Waals surface area contributed by atoms with Crippen molar-refractivity contribution in [3.8, 4) is 0 Å². The van der Waals surface area contributed by atoms with Gasteiger partial charge >= 0.3 is 0 Å². The molecule has 1 aliphatic heterocycles. The predicted molar refractivity (Wildman–Crippen MR) is 121 cm³/mol. The van der Waals surface area contributed by atoms with Gasteiger partial charge in [-0.3, -0.25) is 9.69 Å². The first-order valence-corrected chi connectivity index (χ1v) is 11.3. The Bertz CT molecular complexity index is 1000. The van der Waals surface area contributed by atoms with E-state index in [9.17, 15) is 4.79 Å². The Hall–Kier alpha value is -2.60. The number of rotatable bonds is 6. The number of pyridine rings is 1. The molecule has 3 aliphatic rings. The van der Waals surface area contributed by atoms with Gasteiger partial charge in [0.15, 0.2) is 0 Å². The van der Waals surface area contributed by atoms with E-state index in [2.05, 4.69) is 32.3 Å². The second-order valence-corrected chi connectivity index (χ2v) is 9.14. The van der Waals surface area contributed by atoms with Crippen molar-refractivity contribution < 1.29 is 0 Å². The average molecular weight is 406 g/mol. The van der Waals surface area contributed by atoms with Crippen molar-refractivity contribution in [2.75, 3.05) is 11.9 Å². The van der Waals surface area contributed by atoms with Crippen LogP contribution in [0.15, 0.2) is 40.2 Å². The normalized spacial score (nSPS) is 20.3. The summed E-state index contributed by atoms with van der Waals surface area (Å²) in [5.41, 5.74) is 10.9. The molecule has 0 bridgehead atoms. The van der Waals surface area contributed by atoms with Gasteiger partial charge in [-0.05, 0) is 60.9 Å². The number of amidine groups is 1. The van der Waals surface area contributed by atoms with Crippen molar-refractivity contribution >= 4 is 17.2 Å². The smallest absolute Gasteiger partial charge is 0.261 e. The van der Waals surface area contributed by atoms with Crippen LogP contribution in [0.3, 0.4) is 0 Å². The number of fused-ring (bicyclic) bond motifs is 1. The molecule has 2 aromatic rings. The lowest BCUT2D eigenvalue weighted by Crippen LogP contribution is -2.29. The van der Waals surface area contributed by atoms with Crippen molar-refractivity contribution in [3.05, 3.63) is 57.5 Å². The molecule has 0 spiro atoms. The lowest BCUT2D eigenvalue weighted by molar-refractivity contribution is 0.272. The van der Waals surface area contributed by atoms with Crippen LogP contribution in [0.4, 0.5) is 11.4 Å². The van der Waals surface area contributed by atoms with Crippen LogP contribution >= 0.6 is 0 Å². The van der Waals surface area contributed by atoms with Crippen LogP contribution in [-0.4, -0.2) is 28.3 Å². The van der Waals surface area contributed by atoms with Gasteiger partial charge < -0.3 is 16.0 Å². The van der Waals surface area contributed by atoms with Gasteiger partial charge in [0, 0.05) is 31.9 Å². The number of aliphatic imine (C=N–C) groups is 1. The number of anilines is 1. The van der Waals surface area contributed by atoms with Crippen molar-refractivity contribution in [3.63, 3.8) is 0 Å². The lowest BCUT2D eigenvalue weighted by atomic mass is 9.95. The summed E-state index contributed by atoms with van der Waals surface area (Å²) in [6.45, 7) is 3.21. The topological polar surface area (TPSA) is 86.5 Å². The van der Waals surface area contributed by atoms with Gasteiger partial charge in [-0.25, -0.2) is 4.99 Å². The second-order valence-electron chi connectivity index (χ2n) is 9.14. The number of aromatic nitrogens is 1. The number of nitrogens with zero attached hydrogens (tertiary/aromatic N) is 2. The first-order chi connectivity index (χ1) is 14.7. The van der Waals surface area contributed by atoms with Crippen molar-refractivity contribution in [2.45, 2.75) is 64.1 Å². The Kier molecular flexibility index (Phi) is 5.34. The zero-order valence-corrected chi connectivity index (χ0v) is 17.5. The van der Waals surface area contributed by atoms with E-state index in [-0.39, 0.29) is 11.4 Å². The molecule has 0 radical (unpaired) electrons. The third-order valence-corrected chi connectivity index (χ3v) is 6.62. The van der Waals surface area contributed by atoms with E-state index in [1.54, 1.807) is 6.20 Å². The van der Waals surface area contributed by atoms with Crippen LogP contribution < -0.4 is 16.6 Å². The minimum Gasteiger partial charge on any atom is -0.383 e. The molecule has 0 atom stereocenters. The highest BCUT2D eigenvalue weighted by Crippen LogP contribution is 2.34. The second kappa shape index (κ2) is 8.26. The van der Waals surface area contributed by atoms with Crippen LogP contribution in [0, 0.1) is 5.92 Å². The van der Waals surface area contributed by atoms with Crippen LogP contribution in [0.25, 0.3) is 0 Å². The summed E-state index contributed by atoms with van der Waals surface area (Å²) in [7, 11) is 0. The minimum absolute atomic E-state index is 0.200. The molecular formula is C24H31N5O. The highest BCUT2D eigenvalue weighted by Gasteiger charge is 2.27. The maximum Gasteiger partial charge on any atom is 0.261 e. The Balaban J connectivity index is 1.37. The summed E-state index contributed by atoms with van der Waals surface area (Å²) in [5.74, 6) is 1.16. The van der Waals surface area contributed by atoms with Crippen molar-refractivity contribution in [1.82, 2.24) is 9.88 Å². The monoisotopic (exact) mass is 405 g/mol. The number of aromatic amines is 1. The highest BCUT2D eigenvalue weighted by atomic mass is 16.1. The Morgan fingerprint density at radius 1 is 1.10 bits per heavy atom. The summed E-state index contributed by atoms with van der Waals surface area (Å²) in [4.78, 5) is 22.5. The van der Waals surface area contributed by atoms with Gasteiger partial charge in [0.1, 0.15) is 11.4 Å². The molecule has 6 heteroatoms. The van der Waals surface area contributed by atoms with E-state index in [0.717, 1.165) is 43.2 Å². The average Bonchev–Trinajstić information content (AvgIpc) is 3.45. The van der Waals surface area contributed by atoms with Gasteiger partial charge in [0.2, 0.25) is 0 Å². The molecule has 0 amide bonds. The quantitative estimate of drug-likeness (QED) is 0.503. The summed E-state index contributed by atoms with van der Waals surface area (Å²) in [6, 6.07) is 8.58. The predicted octanol–water partition coefficient (Wildman–Crippen LogP) is 3.88. The van der Waals surface area contributed by atoms with Gasteiger partial charge in [-0.1, -0.05) is 25.3 Å². The van der Waals surface area contributed by atoms with Crippen LogP contribution in [-0.2, 0) is 13.1 Å². The third kappa shape index (κ3) is 4.29. The summed E-state index contributed by atoms with van der Waals surface area (Å²) >= 11 is 0. The Labute approximate surface area is 177 Å². The molecule has 2 heterocycles. The lowest BCUT2D eigenvalue weighted by Gasteiger charge is -2.24. The maximum atomic E-state index is 12.6. The molecule has 2 fully saturated rings. The fraction of sp³-hybridized carbons (Fsp3) is 0.500. The van der Waals surface area contributed by atoms with E-state index in [4.69, 9.17) is 5.73 Å². The molecule has 6 nitrogen and oxygen atoms in total. The molecule has 5 rings (SSSR count). The Morgan fingerprint density at radius 3 is 2.70 bits per heavy atom. The molecule has 2 saturated carbocycles. The third-order valence-electron chi connectivity index (χ3n) is 6.62. The number of H-pyrrole nitrogens is 1. The number of hydrogen-bond acceptors (Lipinski definition) is 4. The summed E-state index contributed by atoms with van der Waals surface area (Å²) in [5, 5.41) is 3.54. The molecule has 30 heavy (non-hydrogen) atoms. The van der Waals surface area contributed by atoms with Gasteiger partial charge in [-0.15, -0.1) is 0 Å². The maximum absolute atomic E-state index is 12.6. The number of hydrogen-bond donors (Lipinski definition) is 3. The van der Waals surface area contributed by atoms with Crippen molar-refractivity contribution in [2.24, 2.45) is 16.6 Å². The van der Waals surface area contributed by atoms with Gasteiger partial charge in [0.05, 0.1) is 11.4 Å². The molecule has 1 aromatic carbocycles. The molecule has 1 aromatic heterocycles. The minimum atomic E-state index is -0.200. The van der Waals surface area contributed by atoms with Crippen molar-refractivity contribution in [1.29, 1.82) is 0 Å². The van der Waals surface area contributed by atoms with E-state index in [1.807, 2.05) is 12.1 Å².